The molecular formula is C10H11NO2. The van der Waals surface area contributed by atoms with Gasteiger partial charge in [0.15, 0.2) is 0 Å². The van der Waals surface area contributed by atoms with Gasteiger partial charge in [-0.2, -0.15) is 0 Å². The molecule has 68 valence electrons. The van der Waals surface area contributed by atoms with Crippen molar-refractivity contribution >= 4 is 17.2 Å². The highest BCUT2D eigenvalue weighted by Gasteiger charge is 1.98. The predicted octanol–water partition coefficient (Wildman–Crippen LogP) is 1.76. The van der Waals surface area contributed by atoms with Gasteiger partial charge in [-0.15, -0.1) is 0 Å². The molecule has 1 aromatic carbocycles. The number of allylic oxidation sites excluding steroid dienone is 1. The van der Waals surface area contributed by atoms with Crippen molar-refractivity contribution in [1.82, 2.24) is 0 Å². The summed E-state index contributed by atoms with van der Waals surface area (Å²) in [6, 6.07) is 7.13. The first-order chi connectivity index (χ1) is 6.09. The summed E-state index contributed by atoms with van der Waals surface area (Å²) in [6.45, 7) is 1.74. The zero-order chi connectivity index (χ0) is 9.84. The van der Waals surface area contributed by atoms with Gasteiger partial charge in [-0.1, -0.05) is 12.1 Å². The molecule has 3 nitrogen and oxygen atoms in total. The summed E-state index contributed by atoms with van der Waals surface area (Å²) in [7, 11) is 0. The average molecular weight is 177 g/mol. The number of hydrogen-bond donors (Lipinski definition) is 2. The number of rotatable bonds is 2. The fourth-order valence-electron chi connectivity index (χ4n) is 1.05. The van der Waals surface area contributed by atoms with Gasteiger partial charge in [0.2, 0.25) is 0 Å². The molecule has 0 fully saturated rings. The Bertz CT molecular complexity index is 356. The van der Waals surface area contributed by atoms with E-state index in [1.807, 2.05) is 6.07 Å². The molecule has 0 saturated carbocycles. The highest BCUT2D eigenvalue weighted by molar-refractivity contribution is 5.89. The highest BCUT2D eigenvalue weighted by atomic mass is 16.4. The molecule has 1 rings (SSSR count). The zero-order valence-corrected chi connectivity index (χ0v) is 7.32. The first-order valence-corrected chi connectivity index (χ1v) is 3.87. The first kappa shape index (κ1) is 9.32. The lowest BCUT2D eigenvalue weighted by atomic mass is 10.1. The molecule has 0 amide bonds. The van der Waals surface area contributed by atoms with E-state index in [2.05, 4.69) is 0 Å². The number of benzene rings is 1. The molecule has 0 saturated heterocycles. The van der Waals surface area contributed by atoms with Crippen LogP contribution in [0.2, 0.25) is 0 Å². The molecule has 3 N–H and O–H groups in total. The number of anilines is 1. The van der Waals surface area contributed by atoms with E-state index in [0.29, 0.717) is 11.3 Å². The standard InChI is InChI=1S/C10H11NO2/c1-7(5-10(12)13)8-3-2-4-9(11)6-8/h2-6H,11H2,1H3,(H,12,13). The maximum Gasteiger partial charge on any atom is 0.328 e. The van der Waals surface area contributed by atoms with E-state index in [1.54, 1.807) is 25.1 Å². The molecule has 0 bridgehead atoms. The maximum absolute atomic E-state index is 10.4. The summed E-state index contributed by atoms with van der Waals surface area (Å²) in [5.74, 6) is -0.945. The van der Waals surface area contributed by atoms with Crippen LogP contribution in [0.15, 0.2) is 30.3 Å². The molecular weight excluding hydrogens is 166 g/mol. The molecule has 0 atom stereocenters. The van der Waals surface area contributed by atoms with E-state index in [0.717, 1.165) is 11.6 Å². The predicted molar refractivity (Wildman–Crippen MR) is 52.1 cm³/mol. The quantitative estimate of drug-likeness (QED) is 0.534. The van der Waals surface area contributed by atoms with Crippen molar-refractivity contribution in [3.8, 4) is 0 Å². The smallest absolute Gasteiger partial charge is 0.328 e. The fourth-order valence-corrected chi connectivity index (χ4v) is 1.05. The molecule has 0 radical (unpaired) electrons. The second kappa shape index (κ2) is 3.76. The zero-order valence-electron chi connectivity index (χ0n) is 7.32. The van der Waals surface area contributed by atoms with Gasteiger partial charge >= 0.3 is 5.97 Å². The Hall–Kier alpha value is -1.77. The van der Waals surface area contributed by atoms with Crippen LogP contribution in [0.3, 0.4) is 0 Å². The van der Waals surface area contributed by atoms with Gasteiger partial charge in [0.05, 0.1) is 0 Å². The minimum atomic E-state index is -0.945. The number of aliphatic carboxylic acids is 1. The second-order valence-corrected chi connectivity index (χ2v) is 2.79. The molecule has 1 aromatic rings. The minimum Gasteiger partial charge on any atom is -0.478 e. The third-order valence-corrected chi connectivity index (χ3v) is 1.68. The molecule has 3 heteroatoms. The van der Waals surface area contributed by atoms with Crippen molar-refractivity contribution in [1.29, 1.82) is 0 Å². The Balaban J connectivity index is 3.02. The number of carbonyl (C=O) groups is 1. The summed E-state index contributed by atoms with van der Waals surface area (Å²) in [4.78, 5) is 10.4. The molecule has 13 heavy (non-hydrogen) atoms. The van der Waals surface area contributed by atoms with Crippen LogP contribution in [0.5, 0.6) is 0 Å². The molecule has 0 aliphatic carbocycles. The van der Waals surface area contributed by atoms with E-state index in [9.17, 15) is 4.79 Å². The van der Waals surface area contributed by atoms with Crippen LogP contribution in [-0.2, 0) is 4.79 Å². The van der Waals surface area contributed by atoms with Crippen LogP contribution < -0.4 is 5.73 Å². The summed E-state index contributed by atoms with van der Waals surface area (Å²) in [5.41, 5.74) is 7.72. The Labute approximate surface area is 76.5 Å². The van der Waals surface area contributed by atoms with Crippen LogP contribution in [-0.4, -0.2) is 11.1 Å². The van der Waals surface area contributed by atoms with Crippen molar-refractivity contribution in [2.45, 2.75) is 6.92 Å². The van der Waals surface area contributed by atoms with Crippen molar-refractivity contribution in [2.75, 3.05) is 5.73 Å². The van der Waals surface area contributed by atoms with E-state index >= 15 is 0 Å². The third-order valence-electron chi connectivity index (χ3n) is 1.68. The number of carboxylic acids is 1. The SMILES string of the molecule is CC(=CC(=O)O)c1cccc(N)c1. The third kappa shape index (κ3) is 2.63. The lowest BCUT2D eigenvalue weighted by Gasteiger charge is -2.00. The van der Waals surface area contributed by atoms with E-state index < -0.39 is 5.97 Å². The topological polar surface area (TPSA) is 63.3 Å². The molecule has 0 aliphatic heterocycles. The average Bonchev–Trinajstić information content (AvgIpc) is 2.03. The number of carboxylic acid groups (broad SMARTS) is 1. The van der Waals surface area contributed by atoms with Crippen molar-refractivity contribution in [2.24, 2.45) is 0 Å². The van der Waals surface area contributed by atoms with Gasteiger partial charge in [-0.25, -0.2) is 4.79 Å². The van der Waals surface area contributed by atoms with Crippen molar-refractivity contribution in [3.05, 3.63) is 35.9 Å². The Morgan fingerprint density at radius 2 is 2.23 bits per heavy atom. The van der Waals surface area contributed by atoms with Gasteiger partial charge < -0.3 is 10.8 Å². The lowest BCUT2D eigenvalue weighted by Crippen LogP contribution is -1.91. The molecule has 0 unspecified atom stereocenters. The first-order valence-electron chi connectivity index (χ1n) is 3.87. The van der Waals surface area contributed by atoms with Crippen LogP contribution >= 0.6 is 0 Å². The molecule has 0 heterocycles. The van der Waals surface area contributed by atoms with E-state index in [-0.39, 0.29) is 0 Å². The highest BCUT2D eigenvalue weighted by Crippen LogP contribution is 2.15. The summed E-state index contributed by atoms with van der Waals surface area (Å²) in [5, 5.41) is 8.51. The summed E-state index contributed by atoms with van der Waals surface area (Å²) >= 11 is 0. The molecule has 0 aliphatic rings. The minimum absolute atomic E-state index is 0.635. The van der Waals surface area contributed by atoms with Gasteiger partial charge in [-0.3, -0.25) is 0 Å². The van der Waals surface area contributed by atoms with Crippen LogP contribution in [0.1, 0.15) is 12.5 Å². The molecule has 0 spiro atoms. The van der Waals surface area contributed by atoms with E-state index in [1.165, 1.54) is 0 Å². The van der Waals surface area contributed by atoms with Crippen LogP contribution in [0.25, 0.3) is 5.57 Å². The maximum atomic E-state index is 10.4. The van der Waals surface area contributed by atoms with Crippen molar-refractivity contribution in [3.63, 3.8) is 0 Å². The summed E-state index contributed by atoms with van der Waals surface area (Å²) in [6.07, 6.45) is 1.16. The lowest BCUT2D eigenvalue weighted by molar-refractivity contribution is -0.131. The largest absolute Gasteiger partial charge is 0.478 e. The van der Waals surface area contributed by atoms with Crippen LogP contribution in [0, 0.1) is 0 Å². The van der Waals surface area contributed by atoms with Crippen molar-refractivity contribution < 1.29 is 9.90 Å². The van der Waals surface area contributed by atoms with E-state index in [4.69, 9.17) is 10.8 Å². The fraction of sp³-hybridized carbons (Fsp3) is 0.100. The van der Waals surface area contributed by atoms with Gasteiger partial charge in [0, 0.05) is 11.8 Å². The Morgan fingerprint density at radius 1 is 1.54 bits per heavy atom. The number of nitrogen functional groups attached to an aromatic ring is 1. The summed E-state index contributed by atoms with van der Waals surface area (Å²) < 4.78 is 0. The number of nitrogens with two attached hydrogens (primary N) is 1. The van der Waals surface area contributed by atoms with Gasteiger partial charge in [0.25, 0.3) is 0 Å². The Kier molecular flexibility index (Phi) is 2.69. The monoisotopic (exact) mass is 177 g/mol. The van der Waals surface area contributed by atoms with Gasteiger partial charge in [-0.05, 0) is 30.2 Å². The Morgan fingerprint density at radius 3 is 2.77 bits per heavy atom. The normalized spacial score (nSPS) is 11.3. The molecule has 0 aromatic heterocycles. The number of hydrogen-bond acceptors (Lipinski definition) is 2. The van der Waals surface area contributed by atoms with Crippen LogP contribution in [0.4, 0.5) is 5.69 Å². The second-order valence-electron chi connectivity index (χ2n) is 2.79. The van der Waals surface area contributed by atoms with Gasteiger partial charge in [0.1, 0.15) is 0 Å².